The highest BCUT2D eigenvalue weighted by Gasteiger charge is 2.13. The molecule has 1 N–H and O–H groups in total. The maximum absolute atomic E-state index is 6.23. The van der Waals surface area contributed by atoms with Gasteiger partial charge in [-0.25, -0.2) is 0 Å². The van der Waals surface area contributed by atoms with E-state index in [9.17, 15) is 0 Å². The van der Waals surface area contributed by atoms with Gasteiger partial charge in [-0.2, -0.15) is 15.0 Å². The molecule has 2 aromatic rings. The lowest BCUT2D eigenvalue weighted by Crippen LogP contribution is -2.16. The first-order valence-corrected chi connectivity index (χ1v) is 7.39. The Kier molecular flexibility index (Phi) is 5.20. The fourth-order valence-electron chi connectivity index (χ4n) is 1.67. The van der Waals surface area contributed by atoms with Gasteiger partial charge in [0.25, 0.3) is 0 Å². The number of aromatic nitrogens is 3. The summed E-state index contributed by atoms with van der Waals surface area (Å²) >= 11 is 12.3. The van der Waals surface area contributed by atoms with Crippen molar-refractivity contribution in [1.29, 1.82) is 0 Å². The van der Waals surface area contributed by atoms with Gasteiger partial charge in [0.15, 0.2) is 5.82 Å². The number of hydrogen-bond donors (Lipinski definition) is 1. The van der Waals surface area contributed by atoms with Crippen LogP contribution < -0.4 is 10.2 Å². The Labute approximate surface area is 134 Å². The summed E-state index contributed by atoms with van der Waals surface area (Å²) in [7, 11) is 3.75. The zero-order valence-electron chi connectivity index (χ0n) is 12.2. The van der Waals surface area contributed by atoms with E-state index in [-0.39, 0.29) is 0 Å². The van der Waals surface area contributed by atoms with Crippen LogP contribution in [0.25, 0.3) is 11.4 Å². The molecule has 0 unspecified atom stereocenters. The van der Waals surface area contributed by atoms with E-state index in [1.54, 1.807) is 18.2 Å². The van der Waals surface area contributed by atoms with E-state index in [4.69, 9.17) is 23.2 Å². The Morgan fingerprint density at radius 1 is 1.14 bits per heavy atom. The van der Waals surface area contributed by atoms with Crippen molar-refractivity contribution >= 4 is 35.1 Å². The summed E-state index contributed by atoms with van der Waals surface area (Å²) in [6.07, 6.45) is 0.982. The summed E-state index contributed by atoms with van der Waals surface area (Å²) in [6, 6.07) is 5.22. The van der Waals surface area contributed by atoms with Crippen LogP contribution >= 0.6 is 23.2 Å². The van der Waals surface area contributed by atoms with Gasteiger partial charge in [0.1, 0.15) is 0 Å². The van der Waals surface area contributed by atoms with Crippen molar-refractivity contribution in [1.82, 2.24) is 15.0 Å². The standard InChI is InChI=1S/C14H17Cl2N5/c1-4-7-17-13-18-12(19-14(20-13)21(2)3)10-8-9(15)5-6-11(10)16/h5-6,8H,4,7H2,1-3H3,(H,17,18,19,20). The van der Waals surface area contributed by atoms with Gasteiger partial charge in [-0.3, -0.25) is 0 Å². The summed E-state index contributed by atoms with van der Waals surface area (Å²) in [5.41, 5.74) is 0.689. The molecule has 2 rings (SSSR count). The van der Waals surface area contributed by atoms with Gasteiger partial charge in [0.2, 0.25) is 11.9 Å². The maximum atomic E-state index is 6.23. The summed E-state index contributed by atoms with van der Waals surface area (Å²) in [6.45, 7) is 2.87. The molecule has 0 aliphatic rings. The van der Waals surface area contributed by atoms with Crippen molar-refractivity contribution in [3.63, 3.8) is 0 Å². The molecule has 0 radical (unpaired) electrons. The highest BCUT2D eigenvalue weighted by molar-refractivity contribution is 6.35. The Morgan fingerprint density at radius 3 is 2.57 bits per heavy atom. The Balaban J connectivity index is 2.51. The summed E-state index contributed by atoms with van der Waals surface area (Å²) in [5, 5.41) is 4.31. The molecule has 21 heavy (non-hydrogen) atoms. The Bertz CT molecular complexity index is 631. The molecule has 0 fully saturated rings. The second-order valence-electron chi connectivity index (χ2n) is 4.73. The number of benzene rings is 1. The molecule has 5 nitrogen and oxygen atoms in total. The van der Waals surface area contributed by atoms with Crippen LogP contribution in [0.4, 0.5) is 11.9 Å². The fourth-order valence-corrected chi connectivity index (χ4v) is 2.04. The van der Waals surface area contributed by atoms with Gasteiger partial charge >= 0.3 is 0 Å². The average molecular weight is 326 g/mol. The number of hydrogen-bond acceptors (Lipinski definition) is 5. The van der Waals surface area contributed by atoms with E-state index in [0.717, 1.165) is 13.0 Å². The minimum Gasteiger partial charge on any atom is -0.354 e. The molecule has 0 atom stereocenters. The highest BCUT2D eigenvalue weighted by atomic mass is 35.5. The fraction of sp³-hybridized carbons (Fsp3) is 0.357. The Hall–Kier alpha value is -1.59. The van der Waals surface area contributed by atoms with Crippen LogP contribution in [0.3, 0.4) is 0 Å². The third kappa shape index (κ3) is 3.95. The summed E-state index contributed by atoms with van der Waals surface area (Å²) in [5.74, 6) is 1.59. The van der Waals surface area contributed by atoms with Crippen molar-refractivity contribution in [2.45, 2.75) is 13.3 Å². The van der Waals surface area contributed by atoms with E-state index in [0.29, 0.717) is 33.3 Å². The van der Waals surface area contributed by atoms with Crippen molar-refractivity contribution in [2.24, 2.45) is 0 Å². The number of nitrogens with one attached hydrogen (secondary N) is 1. The predicted octanol–water partition coefficient (Wildman–Crippen LogP) is 3.73. The van der Waals surface area contributed by atoms with Crippen LogP contribution in [0, 0.1) is 0 Å². The first-order valence-electron chi connectivity index (χ1n) is 6.64. The molecule has 0 saturated heterocycles. The second kappa shape index (κ2) is 6.91. The molecular formula is C14H17Cl2N5. The lowest BCUT2D eigenvalue weighted by molar-refractivity contribution is 0.920. The monoisotopic (exact) mass is 325 g/mol. The number of nitrogens with zero attached hydrogens (tertiary/aromatic N) is 4. The topological polar surface area (TPSA) is 53.9 Å². The normalized spacial score (nSPS) is 10.5. The molecule has 1 aromatic carbocycles. The van der Waals surface area contributed by atoms with Crippen LogP contribution in [0.2, 0.25) is 10.0 Å². The molecule has 0 aliphatic heterocycles. The van der Waals surface area contributed by atoms with Crippen LogP contribution in [0.15, 0.2) is 18.2 Å². The summed E-state index contributed by atoms with van der Waals surface area (Å²) < 4.78 is 0. The van der Waals surface area contributed by atoms with E-state index >= 15 is 0 Å². The number of halogens is 2. The minimum absolute atomic E-state index is 0.500. The SMILES string of the molecule is CCCNc1nc(-c2cc(Cl)ccc2Cl)nc(N(C)C)n1. The zero-order chi connectivity index (χ0) is 15.4. The van der Waals surface area contributed by atoms with Crippen LogP contribution in [-0.4, -0.2) is 35.6 Å². The van der Waals surface area contributed by atoms with Crippen LogP contribution in [-0.2, 0) is 0 Å². The molecule has 112 valence electrons. The van der Waals surface area contributed by atoms with E-state index < -0.39 is 0 Å². The first-order chi connectivity index (χ1) is 10.0. The molecular weight excluding hydrogens is 309 g/mol. The van der Waals surface area contributed by atoms with Crippen LogP contribution in [0.1, 0.15) is 13.3 Å². The van der Waals surface area contributed by atoms with Crippen molar-refractivity contribution in [2.75, 3.05) is 30.9 Å². The van der Waals surface area contributed by atoms with Gasteiger partial charge in [-0.05, 0) is 24.6 Å². The smallest absolute Gasteiger partial charge is 0.230 e. The predicted molar refractivity (Wildman–Crippen MR) is 88.4 cm³/mol. The Morgan fingerprint density at radius 2 is 1.90 bits per heavy atom. The van der Waals surface area contributed by atoms with Gasteiger partial charge in [0.05, 0.1) is 5.02 Å². The van der Waals surface area contributed by atoms with E-state index in [2.05, 4.69) is 27.2 Å². The quantitative estimate of drug-likeness (QED) is 0.907. The van der Waals surface area contributed by atoms with Crippen LogP contribution in [0.5, 0.6) is 0 Å². The number of anilines is 2. The third-order valence-electron chi connectivity index (χ3n) is 2.73. The number of rotatable bonds is 5. The molecule has 0 spiro atoms. The third-order valence-corrected chi connectivity index (χ3v) is 3.29. The molecule has 1 heterocycles. The van der Waals surface area contributed by atoms with Gasteiger partial charge in [-0.1, -0.05) is 30.1 Å². The molecule has 0 aliphatic carbocycles. The maximum Gasteiger partial charge on any atom is 0.230 e. The highest BCUT2D eigenvalue weighted by Crippen LogP contribution is 2.29. The molecule has 1 aromatic heterocycles. The molecule has 0 saturated carbocycles. The second-order valence-corrected chi connectivity index (χ2v) is 5.57. The minimum atomic E-state index is 0.500. The van der Waals surface area contributed by atoms with Crippen molar-refractivity contribution in [3.8, 4) is 11.4 Å². The largest absolute Gasteiger partial charge is 0.354 e. The average Bonchev–Trinajstić information content (AvgIpc) is 2.47. The lowest BCUT2D eigenvalue weighted by atomic mass is 10.2. The lowest BCUT2D eigenvalue weighted by Gasteiger charge is -2.14. The zero-order valence-corrected chi connectivity index (χ0v) is 13.7. The van der Waals surface area contributed by atoms with Crippen molar-refractivity contribution < 1.29 is 0 Å². The molecule has 0 amide bonds. The summed E-state index contributed by atoms with van der Waals surface area (Å²) in [4.78, 5) is 15.0. The molecule has 7 heteroatoms. The van der Waals surface area contributed by atoms with E-state index in [1.165, 1.54) is 0 Å². The van der Waals surface area contributed by atoms with E-state index in [1.807, 2.05) is 19.0 Å². The van der Waals surface area contributed by atoms with Crippen molar-refractivity contribution in [3.05, 3.63) is 28.2 Å². The van der Waals surface area contributed by atoms with Gasteiger partial charge in [-0.15, -0.1) is 0 Å². The first kappa shape index (κ1) is 15.8. The molecule has 0 bridgehead atoms. The van der Waals surface area contributed by atoms with Gasteiger partial charge in [0, 0.05) is 31.2 Å². The van der Waals surface area contributed by atoms with Gasteiger partial charge < -0.3 is 10.2 Å².